The summed E-state index contributed by atoms with van der Waals surface area (Å²) < 4.78 is 52.8. The van der Waals surface area contributed by atoms with Crippen molar-refractivity contribution in [3.05, 3.63) is 40.7 Å². The third-order valence-corrected chi connectivity index (χ3v) is 7.17. The zero-order valence-corrected chi connectivity index (χ0v) is 18.3. The van der Waals surface area contributed by atoms with Gasteiger partial charge in [-0.15, -0.1) is 0 Å². The Hall–Kier alpha value is -2.27. The summed E-state index contributed by atoms with van der Waals surface area (Å²) in [5.41, 5.74) is -0.0432. The minimum Gasteiger partial charge on any atom is -0.348 e. The molecule has 2 aromatic heterocycles. The van der Waals surface area contributed by atoms with Gasteiger partial charge in [-0.2, -0.15) is 0 Å². The van der Waals surface area contributed by atoms with Crippen LogP contribution in [0.1, 0.15) is 41.0 Å². The lowest BCUT2D eigenvalue weighted by molar-refractivity contribution is 0.0103. The maximum Gasteiger partial charge on any atom is 0.263 e. The fraction of sp³-hybridized carbons (Fsp3) is 0.571. The van der Waals surface area contributed by atoms with Gasteiger partial charge in [0.15, 0.2) is 5.13 Å². The number of alkyl halides is 2. The number of rotatable bonds is 6. The zero-order valence-electron chi connectivity index (χ0n) is 17.4. The van der Waals surface area contributed by atoms with Crippen LogP contribution >= 0.6 is 11.3 Å². The van der Waals surface area contributed by atoms with E-state index in [0.717, 1.165) is 56.3 Å². The summed E-state index contributed by atoms with van der Waals surface area (Å²) in [5, 5.41) is 3.30. The number of halogens is 4. The second-order valence-electron chi connectivity index (χ2n) is 8.22. The molecule has 2 fully saturated rings. The van der Waals surface area contributed by atoms with Gasteiger partial charge in [-0.1, -0.05) is 11.3 Å². The average molecular weight is 472 g/mol. The van der Waals surface area contributed by atoms with Gasteiger partial charge in [-0.3, -0.25) is 14.7 Å². The number of piperidine rings is 2. The molecule has 0 spiro atoms. The molecule has 1 amide bonds. The van der Waals surface area contributed by atoms with Crippen molar-refractivity contribution in [2.45, 2.75) is 44.7 Å². The van der Waals surface area contributed by atoms with Crippen molar-refractivity contribution in [3.8, 4) is 0 Å². The number of aromatic nitrogens is 2. The molecule has 4 rings (SSSR count). The molecule has 0 saturated carbocycles. The van der Waals surface area contributed by atoms with Crippen LogP contribution in [0.3, 0.4) is 0 Å². The number of carbonyl (C=O) groups excluding carboxylic acids is 1. The van der Waals surface area contributed by atoms with Gasteiger partial charge < -0.3 is 10.2 Å². The topological polar surface area (TPSA) is 61.4 Å². The van der Waals surface area contributed by atoms with E-state index in [4.69, 9.17) is 0 Å². The summed E-state index contributed by atoms with van der Waals surface area (Å²) in [6, 6.07) is 1.02. The molecule has 2 aliphatic rings. The lowest BCUT2D eigenvalue weighted by Crippen LogP contribution is -2.49. The lowest BCUT2D eigenvalue weighted by Gasteiger charge is -2.42. The van der Waals surface area contributed by atoms with E-state index in [-0.39, 0.29) is 12.2 Å². The molecule has 1 N–H and O–H groups in total. The van der Waals surface area contributed by atoms with E-state index in [1.807, 2.05) is 0 Å². The van der Waals surface area contributed by atoms with Crippen molar-refractivity contribution in [2.24, 2.45) is 5.92 Å². The van der Waals surface area contributed by atoms with Gasteiger partial charge in [0.05, 0.1) is 24.6 Å². The highest BCUT2D eigenvalue weighted by Crippen LogP contribution is 2.30. The largest absolute Gasteiger partial charge is 0.348 e. The molecule has 2 aromatic rings. The Morgan fingerprint density at radius 3 is 2.66 bits per heavy atom. The number of amides is 1. The molecule has 0 radical (unpaired) electrons. The number of hydrogen-bond acceptors (Lipinski definition) is 6. The van der Waals surface area contributed by atoms with Crippen LogP contribution in [-0.4, -0.2) is 59.4 Å². The molecule has 0 aromatic carbocycles. The van der Waals surface area contributed by atoms with Gasteiger partial charge >= 0.3 is 0 Å². The number of anilines is 1. The highest BCUT2D eigenvalue weighted by atomic mass is 32.1. The summed E-state index contributed by atoms with van der Waals surface area (Å²) in [7, 11) is 0. The van der Waals surface area contributed by atoms with Gasteiger partial charge in [0.25, 0.3) is 5.91 Å². The van der Waals surface area contributed by atoms with Gasteiger partial charge in [0, 0.05) is 37.7 Å². The molecular weight excluding hydrogens is 446 g/mol. The van der Waals surface area contributed by atoms with Crippen LogP contribution in [0.4, 0.5) is 22.7 Å². The molecule has 0 aliphatic carbocycles. The Bertz CT molecular complexity index is 935. The first-order valence-corrected chi connectivity index (χ1v) is 11.5. The number of hydrogen-bond donors (Lipinski definition) is 1. The summed E-state index contributed by atoms with van der Waals surface area (Å²) in [5.74, 6) is -2.52. The van der Waals surface area contributed by atoms with E-state index in [1.165, 1.54) is 17.5 Å². The Labute approximate surface area is 187 Å². The standard InChI is InChI=1S/C21H25F4N5OS/c22-14-8-16(23)17(26-9-14)10-27-20(31)18-11-28-21(32-18)29-6-3-15(4-7-29)30-5-1-2-13(12-30)19(24)25/h8-9,11,13,15,19H,1-7,10,12H2,(H,27,31)/t13-/m1/s1. The summed E-state index contributed by atoms with van der Waals surface area (Å²) in [4.78, 5) is 25.1. The lowest BCUT2D eigenvalue weighted by atomic mass is 9.94. The highest BCUT2D eigenvalue weighted by molar-refractivity contribution is 7.17. The molecule has 32 heavy (non-hydrogen) atoms. The number of pyridine rings is 1. The van der Waals surface area contributed by atoms with Gasteiger partial charge in [0.1, 0.15) is 16.5 Å². The first-order chi connectivity index (χ1) is 15.4. The summed E-state index contributed by atoms with van der Waals surface area (Å²) in [6.45, 7) is 2.69. The molecule has 0 unspecified atom stereocenters. The van der Waals surface area contributed by atoms with Crippen LogP contribution in [0.5, 0.6) is 0 Å². The predicted molar refractivity (Wildman–Crippen MR) is 113 cm³/mol. The fourth-order valence-corrected chi connectivity index (χ4v) is 5.22. The smallest absolute Gasteiger partial charge is 0.263 e. The highest BCUT2D eigenvalue weighted by Gasteiger charge is 2.32. The second-order valence-corrected chi connectivity index (χ2v) is 9.23. The van der Waals surface area contributed by atoms with Crippen molar-refractivity contribution in [2.75, 3.05) is 31.1 Å². The molecule has 2 saturated heterocycles. The number of likely N-dealkylation sites (tertiary alicyclic amines) is 1. The van der Waals surface area contributed by atoms with Crippen LogP contribution in [-0.2, 0) is 6.54 Å². The van der Waals surface area contributed by atoms with Crippen molar-refractivity contribution >= 4 is 22.4 Å². The van der Waals surface area contributed by atoms with E-state index in [0.29, 0.717) is 23.9 Å². The SMILES string of the molecule is O=C(NCc1ncc(F)cc1F)c1cnc(N2CCC(N3CCC[C@@H](C(F)F)C3)CC2)s1. The number of nitrogens with zero attached hydrogens (tertiary/aromatic N) is 4. The third kappa shape index (κ3) is 5.37. The van der Waals surface area contributed by atoms with E-state index in [9.17, 15) is 22.4 Å². The monoisotopic (exact) mass is 471 g/mol. The Morgan fingerprint density at radius 2 is 1.94 bits per heavy atom. The molecule has 0 bridgehead atoms. The fourth-order valence-electron chi connectivity index (χ4n) is 4.34. The third-order valence-electron chi connectivity index (χ3n) is 6.11. The molecule has 6 nitrogen and oxygen atoms in total. The number of nitrogens with one attached hydrogen (secondary N) is 1. The van der Waals surface area contributed by atoms with E-state index in [2.05, 4.69) is 25.1 Å². The Kier molecular flexibility index (Phi) is 7.24. The molecule has 174 valence electrons. The Balaban J connectivity index is 1.28. The van der Waals surface area contributed by atoms with Gasteiger partial charge in [-0.05, 0) is 32.2 Å². The molecule has 11 heteroatoms. The maximum absolute atomic E-state index is 13.7. The molecule has 1 atom stereocenters. The summed E-state index contributed by atoms with van der Waals surface area (Å²) in [6.07, 6.45) is 3.27. The first kappa shape index (κ1) is 22.9. The second kappa shape index (κ2) is 10.1. The van der Waals surface area contributed by atoms with E-state index < -0.39 is 29.9 Å². The van der Waals surface area contributed by atoms with Gasteiger partial charge in [-0.25, -0.2) is 22.5 Å². The average Bonchev–Trinajstić information content (AvgIpc) is 3.29. The van der Waals surface area contributed by atoms with Gasteiger partial charge in [0.2, 0.25) is 6.43 Å². The van der Waals surface area contributed by atoms with Crippen LogP contribution < -0.4 is 10.2 Å². The minimum absolute atomic E-state index is 0.0432. The normalized spacial score (nSPS) is 20.7. The quantitative estimate of drug-likeness (QED) is 0.652. The molecule has 4 heterocycles. The number of carbonyl (C=O) groups is 1. The number of thiazole rings is 1. The first-order valence-electron chi connectivity index (χ1n) is 10.7. The van der Waals surface area contributed by atoms with Crippen LogP contribution in [0.15, 0.2) is 18.5 Å². The van der Waals surface area contributed by atoms with Crippen molar-refractivity contribution in [1.29, 1.82) is 0 Å². The maximum atomic E-state index is 13.7. The molecule has 2 aliphatic heterocycles. The Morgan fingerprint density at radius 1 is 1.16 bits per heavy atom. The van der Waals surface area contributed by atoms with E-state index in [1.54, 1.807) is 0 Å². The van der Waals surface area contributed by atoms with E-state index >= 15 is 0 Å². The van der Waals surface area contributed by atoms with Crippen LogP contribution in [0, 0.1) is 17.6 Å². The molecular formula is C21H25F4N5OS. The van der Waals surface area contributed by atoms with Crippen molar-refractivity contribution < 1.29 is 22.4 Å². The zero-order chi connectivity index (χ0) is 22.7. The minimum atomic E-state index is -2.26. The van der Waals surface area contributed by atoms with Crippen LogP contribution in [0.2, 0.25) is 0 Å². The van der Waals surface area contributed by atoms with Crippen LogP contribution in [0.25, 0.3) is 0 Å². The van der Waals surface area contributed by atoms with Crippen molar-refractivity contribution in [3.63, 3.8) is 0 Å². The summed E-state index contributed by atoms with van der Waals surface area (Å²) >= 11 is 1.25. The predicted octanol–water partition coefficient (Wildman–Crippen LogP) is 3.69. The van der Waals surface area contributed by atoms with Crippen molar-refractivity contribution in [1.82, 2.24) is 20.2 Å².